The van der Waals surface area contributed by atoms with Gasteiger partial charge in [-0.1, -0.05) is 48.9 Å². The minimum atomic E-state index is 0.102. The lowest BCUT2D eigenvalue weighted by atomic mass is 10.1. The van der Waals surface area contributed by atoms with Gasteiger partial charge in [0.2, 0.25) is 0 Å². The average molecular weight is 553 g/mol. The monoisotopic (exact) mass is 552 g/mol. The lowest BCUT2D eigenvalue weighted by molar-refractivity contribution is 1.31. The maximum atomic E-state index is 4.90. The molecule has 0 fully saturated rings. The molecule has 0 bridgehead atoms. The number of pyridine rings is 4. The van der Waals surface area contributed by atoms with Crippen molar-refractivity contribution in [2.75, 3.05) is 0 Å². The Morgan fingerprint density at radius 2 is 0.500 bits per heavy atom. The van der Waals surface area contributed by atoms with E-state index < -0.39 is 0 Å². The van der Waals surface area contributed by atoms with Crippen LogP contribution in [-0.4, -0.2) is 39.9 Å². The topological polar surface area (TPSA) is 156 Å². The smallest absolute Gasteiger partial charge is 0.131 e. The predicted octanol–water partition coefficient (Wildman–Crippen LogP) is 3.40. The van der Waals surface area contributed by atoms with Crippen LogP contribution < -0.4 is 22.9 Å². The van der Waals surface area contributed by atoms with Crippen LogP contribution in [0, 0.1) is 0 Å². The van der Waals surface area contributed by atoms with Crippen molar-refractivity contribution >= 4 is 68.8 Å². The molecule has 0 radical (unpaired) electrons. The molecular weight excluding hydrogens is 529 g/mol. The molecule has 184 valence electrons. The lowest BCUT2D eigenvalue weighted by Crippen LogP contribution is -2.26. The Morgan fingerprint density at radius 1 is 0.361 bits per heavy atom. The molecule has 4 heterocycles. The Kier molecular flexibility index (Phi) is 14.7. The fraction of sp³-hybridized carbons (Fsp3) is 0. The van der Waals surface area contributed by atoms with E-state index in [-0.39, 0.29) is 20.0 Å². The SMILES string of the molecule is NC(=S)C(N)=S.NC(=S)C(N)=S.c1cc(-c2ccncc2)ccn1.c1cc(-c2ccncc2)ccn1. The fourth-order valence-electron chi connectivity index (χ4n) is 2.18. The second-order valence-electron chi connectivity index (χ2n) is 6.40. The van der Waals surface area contributed by atoms with Crippen LogP contribution in [0.1, 0.15) is 0 Å². The molecule has 0 aliphatic rings. The van der Waals surface area contributed by atoms with Crippen LogP contribution in [-0.2, 0) is 0 Å². The third-order valence-corrected chi connectivity index (χ3v) is 5.01. The van der Waals surface area contributed by atoms with Gasteiger partial charge in [0.05, 0.1) is 0 Å². The Balaban J connectivity index is 0.000000255. The minimum absolute atomic E-state index is 0.102. The van der Waals surface area contributed by atoms with Gasteiger partial charge in [0.1, 0.15) is 20.0 Å². The molecule has 0 saturated carbocycles. The zero-order chi connectivity index (χ0) is 26.8. The summed E-state index contributed by atoms with van der Waals surface area (Å²) in [5.41, 5.74) is 24.3. The van der Waals surface area contributed by atoms with Crippen LogP contribution in [0.5, 0.6) is 0 Å². The van der Waals surface area contributed by atoms with E-state index >= 15 is 0 Å². The highest BCUT2D eigenvalue weighted by molar-refractivity contribution is 7.89. The van der Waals surface area contributed by atoms with Gasteiger partial charge in [-0.3, -0.25) is 19.9 Å². The standard InChI is InChI=1S/2C10H8N2.2C2H4N2S2/c2*1-5-11-6-2-9(1)10-3-7-12-8-4-10;2*3-1(5)2(4)6/h2*1-8H;2*(H2,3,5)(H2,4,6). The van der Waals surface area contributed by atoms with Gasteiger partial charge in [0.15, 0.2) is 0 Å². The summed E-state index contributed by atoms with van der Waals surface area (Å²) >= 11 is 17.3. The van der Waals surface area contributed by atoms with Crippen molar-refractivity contribution < 1.29 is 0 Å². The summed E-state index contributed by atoms with van der Waals surface area (Å²) in [4.78, 5) is 16.2. The minimum Gasteiger partial charge on any atom is -0.388 e. The van der Waals surface area contributed by atoms with E-state index in [0.29, 0.717) is 0 Å². The van der Waals surface area contributed by atoms with Crippen molar-refractivity contribution in [2.24, 2.45) is 22.9 Å². The highest BCUT2D eigenvalue weighted by atomic mass is 32.1. The Bertz CT molecular complexity index is 1030. The third kappa shape index (κ3) is 13.2. The molecule has 0 unspecified atom stereocenters. The number of hydrogen-bond donors (Lipinski definition) is 4. The van der Waals surface area contributed by atoms with Gasteiger partial charge in [0, 0.05) is 49.6 Å². The molecule has 8 N–H and O–H groups in total. The molecule has 0 spiro atoms. The maximum Gasteiger partial charge on any atom is 0.131 e. The summed E-state index contributed by atoms with van der Waals surface area (Å²) < 4.78 is 0. The van der Waals surface area contributed by atoms with Crippen molar-refractivity contribution in [1.82, 2.24) is 19.9 Å². The quantitative estimate of drug-likeness (QED) is 0.269. The van der Waals surface area contributed by atoms with E-state index in [1.54, 1.807) is 49.6 Å². The number of nitrogens with zero attached hydrogens (tertiary/aromatic N) is 4. The van der Waals surface area contributed by atoms with E-state index in [1.165, 1.54) is 22.3 Å². The van der Waals surface area contributed by atoms with Crippen LogP contribution in [0.4, 0.5) is 0 Å². The molecule has 4 aromatic heterocycles. The van der Waals surface area contributed by atoms with Crippen LogP contribution >= 0.6 is 48.9 Å². The Labute approximate surface area is 231 Å². The van der Waals surface area contributed by atoms with Crippen molar-refractivity contribution in [1.29, 1.82) is 0 Å². The first-order valence-electron chi connectivity index (χ1n) is 10.0. The molecule has 4 rings (SSSR count). The van der Waals surface area contributed by atoms with Crippen molar-refractivity contribution in [2.45, 2.75) is 0 Å². The Hall–Kier alpha value is -3.84. The fourth-order valence-corrected chi connectivity index (χ4v) is 2.18. The molecule has 8 nitrogen and oxygen atoms in total. The number of thiocarbonyl (C=S) groups is 4. The second kappa shape index (κ2) is 17.6. The summed E-state index contributed by atoms with van der Waals surface area (Å²) in [6.45, 7) is 0. The van der Waals surface area contributed by atoms with E-state index in [4.69, 9.17) is 22.9 Å². The molecule has 0 aromatic carbocycles. The summed E-state index contributed by atoms with van der Waals surface area (Å²) in [6.07, 6.45) is 14.3. The molecule has 36 heavy (non-hydrogen) atoms. The van der Waals surface area contributed by atoms with E-state index in [0.717, 1.165) is 0 Å². The zero-order valence-corrected chi connectivity index (χ0v) is 22.2. The molecule has 0 saturated heterocycles. The van der Waals surface area contributed by atoms with E-state index in [2.05, 4.69) is 68.8 Å². The molecule has 0 amide bonds. The van der Waals surface area contributed by atoms with Gasteiger partial charge in [-0.15, -0.1) is 0 Å². The first-order chi connectivity index (χ1) is 17.2. The normalized spacial score (nSPS) is 8.89. The summed E-state index contributed by atoms with van der Waals surface area (Å²) in [5, 5.41) is 0. The van der Waals surface area contributed by atoms with Crippen LogP contribution in [0.15, 0.2) is 98.1 Å². The molecule has 4 aromatic rings. The molecule has 0 atom stereocenters. The van der Waals surface area contributed by atoms with Gasteiger partial charge >= 0.3 is 0 Å². The van der Waals surface area contributed by atoms with E-state index in [9.17, 15) is 0 Å². The van der Waals surface area contributed by atoms with Crippen molar-refractivity contribution in [3.63, 3.8) is 0 Å². The van der Waals surface area contributed by atoms with Crippen molar-refractivity contribution in [3.05, 3.63) is 98.1 Å². The number of aromatic nitrogens is 4. The summed E-state index contributed by atoms with van der Waals surface area (Å²) in [6, 6.07) is 15.9. The van der Waals surface area contributed by atoms with Gasteiger partial charge < -0.3 is 22.9 Å². The zero-order valence-electron chi connectivity index (χ0n) is 19.0. The van der Waals surface area contributed by atoms with Crippen molar-refractivity contribution in [3.8, 4) is 22.3 Å². The second-order valence-corrected chi connectivity index (χ2v) is 8.16. The Morgan fingerprint density at radius 3 is 0.611 bits per heavy atom. The predicted molar refractivity (Wildman–Crippen MR) is 162 cm³/mol. The number of nitrogens with two attached hydrogens (primary N) is 4. The molecular formula is C24H24N8S4. The third-order valence-electron chi connectivity index (χ3n) is 3.87. The maximum absolute atomic E-state index is 4.90. The van der Waals surface area contributed by atoms with Gasteiger partial charge in [-0.25, -0.2) is 0 Å². The summed E-state index contributed by atoms with van der Waals surface area (Å²) in [5.74, 6) is 0. The number of rotatable bonds is 2. The highest BCUT2D eigenvalue weighted by Crippen LogP contribution is 2.16. The largest absolute Gasteiger partial charge is 0.388 e. The average Bonchev–Trinajstić information content (AvgIpc) is 2.92. The van der Waals surface area contributed by atoms with Gasteiger partial charge in [0.25, 0.3) is 0 Å². The van der Waals surface area contributed by atoms with Crippen LogP contribution in [0.25, 0.3) is 22.3 Å². The molecule has 0 aliphatic carbocycles. The first-order valence-corrected chi connectivity index (χ1v) is 11.6. The number of hydrogen-bond acceptors (Lipinski definition) is 8. The first kappa shape index (κ1) is 30.2. The van der Waals surface area contributed by atoms with E-state index in [1.807, 2.05) is 48.5 Å². The summed E-state index contributed by atoms with van der Waals surface area (Å²) in [7, 11) is 0. The van der Waals surface area contributed by atoms with Crippen LogP contribution in [0.3, 0.4) is 0 Å². The van der Waals surface area contributed by atoms with Gasteiger partial charge in [-0.05, 0) is 70.8 Å². The van der Waals surface area contributed by atoms with Gasteiger partial charge in [-0.2, -0.15) is 0 Å². The molecule has 12 heteroatoms. The highest BCUT2D eigenvalue weighted by Gasteiger charge is 1.94. The lowest BCUT2D eigenvalue weighted by Gasteiger charge is -1.97. The van der Waals surface area contributed by atoms with Crippen LogP contribution in [0.2, 0.25) is 0 Å². The molecule has 0 aliphatic heterocycles.